The lowest BCUT2D eigenvalue weighted by atomic mass is 10.2. The number of nitrogen functional groups attached to an aromatic ring is 1. The first-order valence-electron chi connectivity index (χ1n) is 6.31. The van der Waals surface area contributed by atoms with Crippen LogP contribution in [-0.4, -0.2) is 22.7 Å². The van der Waals surface area contributed by atoms with Gasteiger partial charge in [0.25, 0.3) is 0 Å². The molecule has 1 aliphatic carbocycles. The molecule has 0 bridgehead atoms. The molecule has 1 aromatic heterocycles. The van der Waals surface area contributed by atoms with Crippen LogP contribution in [0, 0.1) is 6.92 Å². The van der Waals surface area contributed by atoms with Crippen LogP contribution < -0.4 is 11.1 Å². The fourth-order valence-electron chi connectivity index (χ4n) is 1.74. The van der Waals surface area contributed by atoms with Gasteiger partial charge in [0.15, 0.2) is 0 Å². The van der Waals surface area contributed by atoms with Gasteiger partial charge in [-0.05, 0) is 26.2 Å². The second kappa shape index (κ2) is 5.22. The molecular weight excluding hydrogens is 257 g/mol. The summed E-state index contributed by atoms with van der Waals surface area (Å²) in [5.41, 5.74) is 6.48. The van der Waals surface area contributed by atoms with Crippen molar-refractivity contribution in [2.45, 2.75) is 44.7 Å². The van der Waals surface area contributed by atoms with E-state index in [1.807, 2.05) is 0 Å². The Hall–Kier alpha value is -1.53. The SMILES string of the molecule is Cc1c(N)nc(C2CC2)nc1NCCCC(F)(F)F. The maximum Gasteiger partial charge on any atom is 0.389 e. The van der Waals surface area contributed by atoms with Crippen LogP contribution >= 0.6 is 0 Å². The molecule has 1 aliphatic rings. The van der Waals surface area contributed by atoms with Gasteiger partial charge in [0, 0.05) is 24.4 Å². The zero-order valence-corrected chi connectivity index (χ0v) is 10.7. The van der Waals surface area contributed by atoms with Crippen LogP contribution in [0.2, 0.25) is 0 Å². The van der Waals surface area contributed by atoms with Crippen molar-refractivity contribution in [2.75, 3.05) is 17.6 Å². The third-order valence-corrected chi connectivity index (χ3v) is 3.07. The molecule has 0 unspecified atom stereocenters. The van der Waals surface area contributed by atoms with Gasteiger partial charge in [0.2, 0.25) is 0 Å². The van der Waals surface area contributed by atoms with Crippen molar-refractivity contribution in [3.05, 3.63) is 11.4 Å². The van der Waals surface area contributed by atoms with E-state index >= 15 is 0 Å². The molecule has 0 spiro atoms. The summed E-state index contributed by atoms with van der Waals surface area (Å²) >= 11 is 0. The Bertz CT molecular complexity index is 455. The molecule has 7 heteroatoms. The number of hydrogen-bond donors (Lipinski definition) is 2. The molecule has 0 atom stereocenters. The van der Waals surface area contributed by atoms with Crippen molar-refractivity contribution in [3.63, 3.8) is 0 Å². The van der Waals surface area contributed by atoms with Crippen LogP contribution in [-0.2, 0) is 0 Å². The van der Waals surface area contributed by atoms with Crippen LogP contribution in [0.5, 0.6) is 0 Å². The summed E-state index contributed by atoms with van der Waals surface area (Å²) in [5.74, 6) is 2.01. The number of alkyl halides is 3. The molecule has 4 nitrogen and oxygen atoms in total. The standard InChI is InChI=1S/C12H17F3N4/c1-7-9(16)18-11(8-3-4-8)19-10(7)17-6-2-5-12(13,14)15/h8H,2-6H2,1H3,(H3,16,17,18,19). The van der Waals surface area contributed by atoms with Crippen molar-refractivity contribution >= 4 is 11.6 Å². The molecule has 0 saturated heterocycles. The van der Waals surface area contributed by atoms with E-state index in [1.54, 1.807) is 6.92 Å². The van der Waals surface area contributed by atoms with Crippen LogP contribution in [0.1, 0.15) is 43.0 Å². The predicted molar refractivity (Wildman–Crippen MR) is 66.9 cm³/mol. The summed E-state index contributed by atoms with van der Waals surface area (Å²) in [7, 11) is 0. The summed E-state index contributed by atoms with van der Waals surface area (Å²) in [6.45, 7) is 1.99. The zero-order chi connectivity index (χ0) is 14.0. The summed E-state index contributed by atoms with van der Waals surface area (Å²) in [5, 5.41) is 2.92. The Morgan fingerprint density at radius 3 is 2.58 bits per heavy atom. The molecule has 19 heavy (non-hydrogen) atoms. The topological polar surface area (TPSA) is 63.8 Å². The molecule has 3 N–H and O–H groups in total. The molecule has 0 radical (unpaired) electrons. The van der Waals surface area contributed by atoms with Crippen molar-refractivity contribution in [2.24, 2.45) is 0 Å². The Kier molecular flexibility index (Phi) is 3.82. The second-order valence-electron chi connectivity index (χ2n) is 4.86. The van der Waals surface area contributed by atoms with Gasteiger partial charge in [-0.15, -0.1) is 0 Å². The van der Waals surface area contributed by atoms with Gasteiger partial charge in [0.05, 0.1) is 0 Å². The van der Waals surface area contributed by atoms with Gasteiger partial charge in [-0.25, -0.2) is 9.97 Å². The van der Waals surface area contributed by atoms with E-state index in [0.717, 1.165) is 12.8 Å². The molecule has 0 amide bonds. The van der Waals surface area contributed by atoms with E-state index in [1.165, 1.54) is 0 Å². The average molecular weight is 274 g/mol. The summed E-state index contributed by atoms with van der Waals surface area (Å²) in [6, 6.07) is 0. The first-order chi connectivity index (χ1) is 8.87. The molecule has 2 rings (SSSR count). The Labute approximate surface area is 109 Å². The fraction of sp³-hybridized carbons (Fsp3) is 0.667. The van der Waals surface area contributed by atoms with E-state index in [4.69, 9.17) is 5.73 Å². The molecule has 1 aromatic rings. The van der Waals surface area contributed by atoms with Gasteiger partial charge >= 0.3 is 6.18 Å². The zero-order valence-electron chi connectivity index (χ0n) is 10.7. The first-order valence-corrected chi connectivity index (χ1v) is 6.31. The Morgan fingerprint density at radius 2 is 2.00 bits per heavy atom. The minimum atomic E-state index is -4.11. The van der Waals surface area contributed by atoms with Crippen LogP contribution in [0.15, 0.2) is 0 Å². The van der Waals surface area contributed by atoms with Crippen molar-refractivity contribution < 1.29 is 13.2 Å². The molecule has 1 heterocycles. The predicted octanol–water partition coefficient (Wildman–Crippen LogP) is 3.00. The smallest absolute Gasteiger partial charge is 0.383 e. The highest BCUT2D eigenvalue weighted by Gasteiger charge is 2.28. The van der Waals surface area contributed by atoms with Gasteiger partial charge in [0.1, 0.15) is 17.5 Å². The van der Waals surface area contributed by atoms with Gasteiger partial charge in [-0.3, -0.25) is 0 Å². The Morgan fingerprint density at radius 1 is 1.32 bits per heavy atom. The number of aromatic nitrogens is 2. The highest BCUT2D eigenvalue weighted by atomic mass is 19.4. The van der Waals surface area contributed by atoms with E-state index in [2.05, 4.69) is 15.3 Å². The normalized spacial score (nSPS) is 15.6. The molecule has 1 fully saturated rings. The van der Waals surface area contributed by atoms with Crippen molar-refractivity contribution in [1.82, 2.24) is 9.97 Å². The lowest BCUT2D eigenvalue weighted by Gasteiger charge is -2.12. The molecule has 1 saturated carbocycles. The first kappa shape index (κ1) is 13.9. The number of hydrogen-bond acceptors (Lipinski definition) is 4. The monoisotopic (exact) mass is 274 g/mol. The third-order valence-electron chi connectivity index (χ3n) is 3.07. The lowest BCUT2D eigenvalue weighted by Crippen LogP contribution is -2.13. The summed E-state index contributed by atoms with van der Waals surface area (Å²) in [4.78, 5) is 8.56. The summed E-state index contributed by atoms with van der Waals surface area (Å²) in [6.07, 6.45) is -2.78. The number of nitrogens with zero attached hydrogens (tertiary/aromatic N) is 2. The number of rotatable bonds is 5. The fourth-order valence-corrected chi connectivity index (χ4v) is 1.74. The van der Waals surface area contributed by atoms with Gasteiger partial charge in [-0.1, -0.05) is 0 Å². The van der Waals surface area contributed by atoms with E-state index in [9.17, 15) is 13.2 Å². The highest BCUT2D eigenvalue weighted by molar-refractivity contribution is 5.55. The van der Waals surface area contributed by atoms with Crippen molar-refractivity contribution in [3.8, 4) is 0 Å². The number of nitrogens with one attached hydrogen (secondary N) is 1. The van der Waals surface area contributed by atoms with Gasteiger partial charge in [-0.2, -0.15) is 13.2 Å². The second-order valence-corrected chi connectivity index (χ2v) is 4.86. The van der Waals surface area contributed by atoms with Crippen molar-refractivity contribution in [1.29, 1.82) is 0 Å². The Balaban J connectivity index is 1.95. The lowest BCUT2D eigenvalue weighted by molar-refractivity contribution is -0.134. The molecular formula is C12H17F3N4. The maximum atomic E-state index is 12.0. The largest absolute Gasteiger partial charge is 0.389 e. The summed E-state index contributed by atoms with van der Waals surface area (Å²) < 4.78 is 36.1. The van der Waals surface area contributed by atoms with E-state index in [-0.39, 0.29) is 13.0 Å². The molecule has 106 valence electrons. The van der Waals surface area contributed by atoms with E-state index < -0.39 is 12.6 Å². The van der Waals surface area contributed by atoms with Gasteiger partial charge < -0.3 is 11.1 Å². The molecule has 0 aliphatic heterocycles. The molecule has 0 aromatic carbocycles. The van der Waals surface area contributed by atoms with Crippen LogP contribution in [0.25, 0.3) is 0 Å². The number of anilines is 2. The number of nitrogens with two attached hydrogens (primary N) is 1. The highest BCUT2D eigenvalue weighted by Crippen LogP contribution is 2.39. The quantitative estimate of drug-likeness (QED) is 0.810. The minimum Gasteiger partial charge on any atom is -0.383 e. The third kappa shape index (κ3) is 3.97. The van der Waals surface area contributed by atoms with Crippen LogP contribution in [0.3, 0.4) is 0 Å². The average Bonchev–Trinajstić information content (AvgIpc) is 3.12. The number of halogens is 3. The maximum absolute atomic E-state index is 12.0. The minimum absolute atomic E-state index is 0.0195. The van der Waals surface area contributed by atoms with Crippen LogP contribution in [0.4, 0.5) is 24.8 Å². The van der Waals surface area contributed by atoms with E-state index in [0.29, 0.717) is 28.9 Å².